The Hall–Kier alpha value is -2.82. The summed E-state index contributed by atoms with van der Waals surface area (Å²) in [6, 6.07) is 11.1. The van der Waals surface area contributed by atoms with Crippen LogP contribution < -0.4 is 14.4 Å². The highest BCUT2D eigenvalue weighted by Crippen LogP contribution is 2.51. The molecule has 6 rings (SSSR count). The molecule has 4 aliphatic rings. The maximum Gasteiger partial charge on any atom is 0.371 e. The van der Waals surface area contributed by atoms with Crippen LogP contribution in [0.4, 0.5) is 5.69 Å². The maximum absolute atomic E-state index is 13.5. The number of rotatable bonds is 1. The third-order valence-electron chi connectivity index (χ3n) is 11.6. The fourth-order valence-corrected chi connectivity index (χ4v) is 9.78. The Morgan fingerprint density at radius 1 is 1.02 bits per heavy atom. The zero-order valence-electron chi connectivity index (χ0n) is 27.8. The van der Waals surface area contributed by atoms with Gasteiger partial charge in [-0.05, 0) is 118 Å². The summed E-state index contributed by atoms with van der Waals surface area (Å²) in [5.41, 5.74) is 2.10. The van der Waals surface area contributed by atoms with Crippen molar-refractivity contribution in [3.63, 3.8) is 0 Å². The molecule has 3 heterocycles. The molecule has 2 aromatic carbocycles. The summed E-state index contributed by atoms with van der Waals surface area (Å²) in [5, 5.41) is 12.6. The van der Waals surface area contributed by atoms with E-state index in [1.807, 2.05) is 32.2 Å². The minimum atomic E-state index is -3.73. The maximum atomic E-state index is 13.5. The minimum absolute atomic E-state index is 0.00775. The lowest BCUT2D eigenvalue weighted by Crippen LogP contribution is -2.56. The number of carbonyl (C=O) groups is 2. The predicted molar refractivity (Wildman–Crippen MR) is 184 cm³/mol. The predicted octanol–water partition coefficient (Wildman–Crippen LogP) is 5.72. The van der Waals surface area contributed by atoms with Gasteiger partial charge in [0, 0.05) is 37.3 Å². The summed E-state index contributed by atoms with van der Waals surface area (Å²) < 4.78 is 33.5. The number of aryl methyl sites for hydroxylation is 1. The summed E-state index contributed by atoms with van der Waals surface area (Å²) in [7, 11) is -1.92. The molecule has 2 fully saturated rings. The van der Waals surface area contributed by atoms with E-state index in [-0.39, 0.29) is 29.2 Å². The van der Waals surface area contributed by atoms with Gasteiger partial charge in [0.15, 0.2) is 0 Å². The number of halogens is 1. The molecular weight excluding hydrogens is 638 g/mol. The SMILES string of the molecule is C[C@@H]1[C@@H](C)CCC[C@](O)([C@H]2CCN(C)C2=O)[C@@H]2CC[C@H]2CN2CCCCc3cc(Cl)ccc3COc3ccc(cc32)C(=O)NS1(=O)=[OH+]. The standard InChI is InChI=1S/C36H48ClN3O6S/c1-23-7-6-16-36(43,31-15-18-39(3)35(31)42)30-13-10-27(30)21-40-17-5-4-8-25-19-29(37)12-9-28(25)22-46-33-14-11-26(20-32(33)40)34(41)38-47(44,45)24(23)2/h9,11-12,14,19-20,23-24,27,30-31,43H,4-8,10,13,15-18,21-22H2,1-3H3,(H,38,41,44,45)/p+1/t23-,24+,27-,30+,31-,36+/m0/s1. The highest BCUT2D eigenvalue weighted by Gasteiger charge is 2.55. The molecule has 47 heavy (non-hydrogen) atoms. The normalized spacial score (nSPS) is 33.9. The van der Waals surface area contributed by atoms with E-state index in [4.69, 9.17) is 16.3 Å². The molecule has 0 radical (unpaired) electrons. The van der Waals surface area contributed by atoms with E-state index < -0.39 is 32.7 Å². The van der Waals surface area contributed by atoms with Crippen LogP contribution in [0.25, 0.3) is 0 Å². The molecule has 2 amide bonds. The second-order valence-electron chi connectivity index (χ2n) is 14.4. The van der Waals surface area contributed by atoms with Crippen LogP contribution in [0.1, 0.15) is 86.7 Å². The zero-order chi connectivity index (χ0) is 33.5. The molecule has 7 atom stereocenters. The Balaban J connectivity index is 1.41. The van der Waals surface area contributed by atoms with Gasteiger partial charge in [0.05, 0.1) is 17.2 Å². The number of nitrogens with one attached hydrogen (secondary N) is 1. The Morgan fingerprint density at radius 2 is 1.83 bits per heavy atom. The number of ether oxygens (including phenoxy) is 1. The quantitative estimate of drug-likeness (QED) is 0.370. The molecule has 1 unspecified atom stereocenters. The first-order valence-corrected chi connectivity index (χ1v) is 19.2. The van der Waals surface area contributed by atoms with Gasteiger partial charge in [0.2, 0.25) is 5.91 Å². The number of benzene rings is 2. The molecule has 1 saturated carbocycles. The van der Waals surface area contributed by atoms with Crippen LogP contribution in [0.2, 0.25) is 5.02 Å². The first kappa shape index (κ1) is 34.1. The van der Waals surface area contributed by atoms with E-state index in [0.29, 0.717) is 62.7 Å². The molecule has 1 aliphatic carbocycles. The van der Waals surface area contributed by atoms with Crippen molar-refractivity contribution in [1.29, 1.82) is 0 Å². The van der Waals surface area contributed by atoms with Crippen LogP contribution in [0.3, 0.4) is 0 Å². The van der Waals surface area contributed by atoms with Crippen LogP contribution in [0, 0.1) is 23.7 Å². The van der Waals surface area contributed by atoms with Gasteiger partial charge in [-0.2, -0.15) is 4.21 Å². The highest BCUT2D eigenvalue weighted by atomic mass is 35.5. The average Bonchev–Trinajstić information content (AvgIpc) is 3.35. The van der Waals surface area contributed by atoms with Crippen LogP contribution in [-0.2, 0) is 27.8 Å². The fourth-order valence-electron chi connectivity index (χ4n) is 8.25. The topological polar surface area (TPSA) is 121 Å². The van der Waals surface area contributed by atoms with E-state index in [1.165, 1.54) is 0 Å². The molecule has 3 N–H and O–H groups in total. The van der Waals surface area contributed by atoms with Crippen molar-refractivity contribution >= 4 is 39.1 Å². The first-order chi connectivity index (χ1) is 22.4. The van der Waals surface area contributed by atoms with Crippen molar-refractivity contribution < 1.29 is 27.9 Å². The molecule has 3 aliphatic heterocycles. The zero-order valence-corrected chi connectivity index (χ0v) is 29.3. The summed E-state index contributed by atoms with van der Waals surface area (Å²) in [6.45, 7) is 5.93. The lowest BCUT2D eigenvalue weighted by molar-refractivity contribution is -0.154. The smallest absolute Gasteiger partial charge is 0.371 e. The monoisotopic (exact) mass is 686 g/mol. The molecule has 256 valence electrons. The first-order valence-electron chi connectivity index (χ1n) is 17.2. The summed E-state index contributed by atoms with van der Waals surface area (Å²) in [4.78, 5) is 30.9. The number of anilines is 1. The van der Waals surface area contributed by atoms with Gasteiger partial charge in [0.1, 0.15) is 17.6 Å². The fraction of sp³-hybridized carbons (Fsp3) is 0.611. The van der Waals surface area contributed by atoms with Crippen LogP contribution >= 0.6 is 11.6 Å². The van der Waals surface area contributed by atoms with Crippen molar-refractivity contribution in [2.75, 3.05) is 31.6 Å². The number of hydrogen-bond donors (Lipinski definition) is 2. The number of likely N-dealkylation sites (tertiary alicyclic amines) is 1. The van der Waals surface area contributed by atoms with Gasteiger partial charge in [-0.15, -0.1) is 0 Å². The molecular formula is C36H49ClN3O6S+. The van der Waals surface area contributed by atoms with E-state index in [9.17, 15) is 23.1 Å². The molecule has 11 heteroatoms. The molecule has 1 saturated heterocycles. The number of hydrogen-bond acceptors (Lipinski definition) is 6. The molecule has 0 spiro atoms. The second-order valence-corrected chi connectivity index (χ2v) is 16.9. The van der Waals surface area contributed by atoms with E-state index in [1.54, 1.807) is 30.0 Å². The Labute approximate surface area is 284 Å². The second kappa shape index (κ2) is 13.6. The van der Waals surface area contributed by atoms with E-state index >= 15 is 0 Å². The van der Waals surface area contributed by atoms with Crippen molar-refractivity contribution in [3.8, 4) is 5.75 Å². The molecule has 2 bridgehead atoms. The minimum Gasteiger partial charge on any atom is -0.487 e. The number of carbonyl (C=O) groups excluding carboxylic acids is 2. The van der Waals surface area contributed by atoms with Gasteiger partial charge in [-0.3, -0.25) is 9.59 Å². The number of aliphatic hydroxyl groups is 1. The Morgan fingerprint density at radius 3 is 2.55 bits per heavy atom. The van der Waals surface area contributed by atoms with Crippen LogP contribution in [0.15, 0.2) is 36.4 Å². The largest absolute Gasteiger partial charge is 0.487 e. The Kier molecular flexibility index (Phi) is 9.85. The van der Waals surface area contributed by atoms with E-state index in [0.717, 1.165) is 48.9 Å². The van der Waals surface area contributed by atoms with Crippen LogP contribution in [-0.4, -0.2) is 67.8 Å². The number of fused-ring (bicyclic) bond motifs is 3. The molecule has 2 aromatic rings. The van der Waals surface area contributed by atoms with Gasteiger partial charge >= 0.3 is 10.0 Å². The summed E-state index contributed by atoms with van der Waals surface area (Å²) >= 11 is 6.35. The number of nitrogens with zero attached hydrogens (tertiary/aromatic N) is 2. The summed E-state index contributed by atoms with van der Waals surface area (Å²) in [6.07, 6.45) is 6.78. The highest BCUT2D eigenvalue weighted by molar-refractivity contribution is 7.90. The molecule has 0 aromatic heterocycles. The van der Waals surface area contributed by atoms with Gasteiger partial charge < -0.3 is 19.6 Å². The average molecular weight is 687 g/mol. The van der Waals surface area contributed by atoms with Crippen LogP contribution in [0.5, 0.6) is 5.75 Å². The summed E-state index contributed by atoms with van der Waals surface area (Å²) in [5.74, 6) is -0.511. The van der Waals surface area contributed by atoms with Crippen molar-refractivity contribution in [3.05, 3.63) is 58.1 Å². The molecule has 9 nitrogen and oxygen atoms in total. The van der Waals surface area contributed by atoms with Gasteiger partial charge in [-0.1, -0.05) is 31.0 Å². The van der Waals surface area contributed by atoms with Gasteiger partial charge in [-0.25, -0.2) is 8.93 Å². The third-order valence-corrected chi connectivity index (χ3v) is 13.7. The van der Waals surface area contributed by atoms with E-state index in [2.05, 4.69) is 9.62 Å². The van der Waals surface area contributed by atoms with Crippen molar-refractivity contribution in [2.24, 2.45) is 23.7 Å². The van der Waals surface area contributed by atoms with Gasteiger partial charge in [0.25, 0.3) is 5.91 Å². The lowest BCUT2D eigenvalue weighted by atomic mass is 9.59. The van der Waals surface area contributed by atoms with Crippen molar-refractivity contribution in [1.82, 2.24) is 9.62 Å². The van der Waals surface area contributed by atoms with Crippen molar-refractivity contribution in [2.45, 2.75) is 89.1 Å². The third kappa shape index (κ3) is 6.88. The Bertz CT molecular complexity index is 1620. The number of amides is 2. The lowest BCUT2D eigenvalue weighted by Gasteiger charge is -2.51.